The molecule has 1 aromatic carbocycles. The Morgan fingerprint density at radius 2 is 1.83 bits per heavy atom. The Morgan fingerprint density at radius 3 is 2.43 bits per heavy atom. The number of nitrogens with one attached hydrogen (secondary N) is 1. The fraction of sp³-hybridized carbons (Fsp3) is 0.353. The van der Waals surface area contributed by atoms with Crippen molar-refractivity contribution in [3.63, 3.8) is 0 Å². The maximum absolute atomic E-state index is 12.4. The quantitative estimate of drug-likeness (QED) is 0.934. The van der Waals surface area contributed by atoms with E-state index in [1.807, 2.05) is 13.8 Å². The van der Waals surface area contributed by atoms with Crippen molar-refractivity contribution in [3.05, 3.63) is 46.2 Å². The van der Waals surface area contributed by atoms with Crippen LogP contribution in [0.4, 0.5) is 11.6 Å². The zero-order chi connectivity index (χ0) is 16.4. The summed E-state index contributed by atoms with van der Waals surface area (Å²) in [5.41, 5.74) is 2.72. The number of hydrogen-bond acceptors (Lipinski definition) is 4. The van der Waals surface area contributed by atoms with Crippen LogP contribution >= 0.6 is 11.6 Å². The second-order valence-corrected chi connectivity index (χ2v) is 6.16. The van der Waals surface area contributed by atoms with Crippen molar-refractivity contribution in [3.8, 4) is 0 Å². The van der Waals surface area contributed by atoms with Gasteiger partial charge in [-0.3, -0.25) is 4.79 Å². The molecule has 1 aliphatic rings. The van der Waals surface area contributed by atoms with Gasteiger partial charge in [-0.25, -0.2) is 9.97 Å². The highest BCUT2D eigenvalue weighted by atomic mass is 35.5. The lowest BCUT2D eigenvalue weighted by molar-refractivity contribution is 0.102. The summed E-state index contributed by atoms with van der Waals surface area (Å²) in [7, 11) is 0. The van der Waals surface area contributed by atoms with Crippen molar-refractivity contribution < 1.29 is 4.79 Å². The van der Waals surface area contributed by atoms with Crippen LogP contribution in [0.1, 0.15) is 34.6 Å². The van der Waals surface area contributed by atoms with Crippen molar-refractivity contribution in [2.75, 3.05) is 23.3 Å². The van der Waals surface area contributed by atoms with Crippen LogP contribution < -0.4 is 10.2 Å². The van der Waals surface area contributed by atoms with Crippen LogP contribution in [-0.2, 0) is 0 Å². The molecule has 1 amide bonds. The number of aryl methyl sites for hydroxylation is 2. The van der Waals surface area contributed by atoms with Crippen molar-refractivity contribution in [2.45, 2.75) is 26.7 Å². The predicted octanol–water partition coefficient (Wildman–Crippen LogP) is 3.60. The molecule has 0 unspecified atom stereocenters. The molecule has 5 nitrogen and oxygen atoms in total. The Balaban J connectivity index is 1.84. The molecule has 1 N–H and O–H groups in total. The molecular formula is C17H19ClN4O. The maximum Gasteiger partial charge on any atom is 0.255 e. The Hall–Kier alpha value is -2.14. The first-order valence-electron chi connectivity index (χ1n) is 7.71. The van der Waals surface area contributed by atoms with Gasteiger partial charge in [-0.2, -0.15) is 0 Å². The van der Waals surface area contributed by atoms with Gasteiger partial charge in [0.15, 0.2) is 0 Å². The average molecular weight is 331 g/mol. The zero-order valence-corrected chi connectivity index (χ0v) is 14.0. The van der Waals surface area contributed by atoms with Crippen molar-refractivity contribution in [2.24, 2.45) is 0 Å². The molecule has 0 radical (unpaired) electrons. The molecule has 120 valence electrons. The van der Waals surface area contributed by atoms with Crippen LogP contribution in [-0.4, -0.2) is 29.0 Å². The van der Waals surface area contributed by atoms with Crippen LogP contribution in [0.2, 0.25) is 5.02 Å². The number of carbonyl (C=O) groups excluding carboxylic acids is 1. The van der Waals surface area contributed by atoms with E-state index in [-0.39, 0.29) is 5.91 Å². The SMILES string of the molecule is Cc1nc(N2CCCC2)nc(C)c1NC(=O)c1cccc(Cl)c1. The monoisotopic (exact) mass is 330 g/mol. The second-order valence-electron chi connectivity index (χ2n) is 5.73. The van der Waals surface area contributed by atoms with E-state index < -0.39 is 0 Å². The fourth-order valence-corrected chi connectivity index (χ4v) is 2.94. The molecule has 23 heavy (non-hydrogen) atoms. The molecule has 0 atom stereocenters. The van der Waals surface area contributed by atoms with Crippen molar-refractivity contribution >= 4 is 29.1 Å². The number of benzene rings is 1. The van der Waals surface area contributed by atoms with Gasteiger partial charge in [0.25, 0.3) is 5.91 Å². The lowest BCUT2D eigenvalue weighted by Crippen LogP contribution is -2.22. The van der Waals surface area contributed by atoms with Gasteiger partial charge in [0, 0.05) is 23.7 Å². The number of anilines is 2. The minimum Gasteiger partial charge on any atom is -0.341 e. The van der Waals surface area contributed by atoms with E-state index in [2.05, 4.69) is 20.2 Å². The Kier molecular flexibility index (Phi) is 4.48. The first-order valence-corrected chi connectivity index (χ1v) is 8.09. The molecule has 0 spiro atoms. The van der Waals surface area contributed by atoms with Crippen molar-refractivity contribution in [1.82, 2.24) is 9.97 Å². The Bertz CT molecular complexity index is 718. The molecule has 0 aliphatic carbocycles. The van der Waals surface area contributed by atoms with Crippen LogP contribution in [0.5, 0.6) is 0 Å². The number of aromatic nitrogens is 2. The highest BCUT2D eigenvalue weighted by Crippen LogP contribution is 2.23. The van der Waals surface area contributed by atoms with Gasteiger partial charge in [0.05, 0.1) is 17.1 Å². The second kappa shape index (κ2) is 6.54. The van der Waals surface area contributed by atoms with E-state index in [0.717, 1.165) is 30.4 Å². The summed E-state index contributed by atoms with van der Waals surface area (Å²) < 4.78 is 0. The number of carbonyl (C=O) groups is 1. The van der Waals surface area contributed by atoms with Gasteiger partial charge in [-0.15, -0.1) is 0 Å². The Labute approximate surface area is 140 Å². The van der Waals surface area contributed by atoms with E-state index in [4.69, 9.17) is 11.6 Å². The molecule has 6 heteroatoms. The van der Waals surface area contributed by atoms with Gasteiger partial charge in [-0.05, 0) is 44.9 Å². The summed E-state index contributed by atoms with van der Waals surface area (Å²) in [6.45, 7) is 5.77. The molecule has 0 bridgehead atoms. The normalized spacial score (nSPS) is 14.1. The standard InChI is InChI=1S/C17H19ClN4O/c1-11-15(21-16(23)13-6-5-7-14(18)10-13)12(2)20-17(19-11)22-8-3-4-9-22/h5-7,10H,3-4,8-9H2,1-2H3,(H,21,23). The lowest BCUT2D eigenvalue weighted by atomic mass is 10.2. The number of halogens is 1. The molecule has 0 saturated carbocycles. The molecule has 1 fully saturated rings. The highest BCUT2D eigenvalue weighted by molar-refractivity contribution is 6.31. The van der Waals surface area contributed by atoms with Crippen LogP contribution in [0.3, 0.4) is 0 Å². The lowest BCUT2D eigenvalue weighted by Gasteiger charge is -2.18. The van der Waals surface area contributed by atoms with Crippen molar-refractivity contribution in [1.29, 1.82) is 0 Å². The van der Waals surface area contributed by atoms with E-state index in [1.54, 1.807) is 24.3 Å². The van der Waals surface area contributed by atoms with Crippen LogP contribution in [0.15, 0.2) is 24.3 Å². The number of rotatable bonds is 3. The molecule has 2 aromatic rings. The van der Waals surface area contributed by atoms with E-state index in [0.29, 0.717) is 16.3 Å². The topological polar surface area (TPSA) is 58.1 Å². The smallest absolute Gasteiger partial charge is 0.255 e. The van der Waals surface area contributed by atoms with Gasteiger partial charge in [0.1, 0.15) is 0 Å². The largest absolute Gasteiger partial charge is 0.341 e. The minimum atomic E-state index is -0.212. The Morgan fingerprint density at radius 1 is 1.17 bits per heavy atom. The first kappa shape index (κ1) is 15.7. The van der Waals surface area contributed by atoms with Crippen LogP contribution in [0.25, 0.3) is 0 Å². The molecular weight excluding hydrogens is 312 g/mol. The molecule has 1 saturated heterocycles. The molecule has 2 heterocycles. The molecule has 1 aromatic heterocycles. The number of hydrogen-bond donors (Lipinski definition) is 1. The van der Waals surface area contributed by atoms with Crippen LogP contribution in [0, 0.1) is 13.8 Å². The first-order chi connectivity index (χ1) is 11.0. The van der Waals surface area contributed by atoms with Gasteiger partial charge < -0.3 is 10.2 Å². The fourth-order valence-electron chi connectivity index (χ4n) is 2.75. The maximum atomic E-state index is 12.4. The van der Waals surface area contributed by atoms with E-state index in [9.17, 15) is 4.79 Å². The third-order valence-electron chi connectivity index (χ3n) is 3.97. The van der Waals surface area contributed by atoms with E-state index >= 15 is 0 Å². The number of amides is 1. The third kappa shape index (κ3) is 3.45. The van der Waals surface area contributed by atoms with Gasteiger partial charge in [0.2, 0.25) is 5.95 Å². The summed E-state index contributed by atoms with van der Waals surface area (Å²) in [6.07, 6.45) is 2.35. The zero-order valence-electron chi connectivity index (χ0n) is 13.3. The third-order valence-corrected chi connectivity index (χ3v) is 4.21. The molecule has 3 rings (SSSR count). The van der Waals surface area contributed by atoms with E-state index in [1.165, 1.54) is 12.8 Å². The summed E-state index contributed by atoms with van der Waals surface area (Å²) in [5.74, 6) is 0.537. The summed E-state index contributed by atoms with van der Waals surface area (Å²) in [5, 5.41) is 3.43. The average Bonchev–Trinajstić information content (AvgIpc) is 3.05. The van der Waals surface area contributed by atoms with Gasteiger partial charge in [-0.1, -0.05) is 17.7 Å². The summed E-state index contributed by atoms with van der Waals surface area (Å²) in [4.78, 5) is 23.7. The highest BCUT2D eigenvalue weighted by Gasteiger charge is 2.18. The predicted molar refractivity (Wildman–Crippen MR) is 92.4 cm³/mol. The summed E-state index contributed by atoms with van der Waals surface area (Å²) in [6, 6.07) is 6.86. The minimum absolute atomic E-state index is 0.212. The number of nitrogens with zero attached hydrogens (tertiary/aromatic N) is 3. The van der Waals surface area contributed by atoms with Gasteiger partial charge >= 0.3 is 0 Å². The summed E-state index contributed by atoms with van der Waals surface area (Å²) >= 11 is 5.94. The molecule has 1 aliphatic heterocycles.